The summed E-state index contributed by atoms with van der Waals surface area (Å²) in [6.07, 6.45) is 0. The highest BCUT2D eigenvalue weighted by Crippen LogP contribution is 2.40. The molecule has 8 rings (SSSR count). The predicted molar refractivity (Wildman–Crippen MR) is 169 cm³/mol. The molecule has 1 nitrogen and oxygen atoms in total. The van der Waals surface area contributed by atoms with E-state index in [4.69, 9.17) is 5.26 Å². The van der Waals surface area contributed by atoms with Crippen LogP contribution in [0.3, 0.4) is 0 Å². The second-order valence-electron chi connectivity index (χ2n) is 10.5. The van der Waals surface area contributed by atoms with Crippen LogP contribution in [0.5, 0.6) is 0 Å². The summed E-state index contributed by atoms with van der Waals surface area (Å²) in [5, 5.41) is 19.5. The zero-order chi connectivity index (χ0) is 26.6. The van der Waals surface area contributed by atoms with Crippen LogP contribution in [0, 0.1) is 11.3 Å². The van der Waals surface area contributed by atoms with E-state index in [0.717, 1.165) is 11.1 Å². The van der Waals surface area contributed by atoms with Crippen LogP contribution >= 0.6 is 0 Å². The lowest BCUT2D eigenvalue weighted by Crippen LogP contribution is -1.87. The Morgan fingerprint density at radius 2 is 0.900 bits per heavy atom. The average molecular weight is 506 g/mol. The minimum atomic E-state index is 0.677. The van der Waals surface area contributed by atoms with Crippen molar-refractivity contribution < 1.29 is 0 Å². The minimum Gasteiger partial charge on any atom is -0.192 e. The van der Waals surface area contributed by atoms with Gasteiger partial charge in [-0.25, -0.2) is 0 Å². The first kappa shape index (κ1) is 22.5. The molecule has 0 N–H and O–H groups in total. The van der Waals surface area contributed by atoms with E-state index in [9.17, 15) is 0 Å². The molecule has 0 aliphatic heterocycles. The lowest BCUT2D eigenvalue weighted by atomic mass is 9.89. The number of nitrogens with zero attached hydrogens (tertiary/aromatic N) is 1. The molecule has 40 heavy (non-hydrogen) atoms. The standard InChI is InChI=1S/C39H23N/c40-24-25-7-9-26(10-8-25)30-5-2-6-31(21-30)32-13-14-34-23-35(16-15-33(34)22-32)36-19-17-29-12-11-27-3-1-4-28-18-20-37(36)39(29)38(27)28/h1-23H. The Hall–Kier alpha value is -5.45. The average Bonchev–Trinajstić information content (AvgIpc) is 3.03. The smallest absolute Gasteiger partial charge is 0.0991 e. The van der Waals surface area contributed by atoms with Crippen molar-refractivity contribution in [2.45, 2.75) is 0 Å². The first-order valence-corrected chi connectivity index (χ1v) is 13.6. The Balaban J connectivity index is 1.20. The minimum absolute atomic E-state index is 0.677. The Labute approximate surface area is 232 Å². The summed E-state index contributed by atoms with van der Waals surface area (Å²) in [4.78, 5) is 0. The van der Waals surface area contributed by atoms with Crippen molar-refractivity contribution in [1.29, 1.82) is 5.26 Å². The van der Waals surface area contributed by atoms with Gasteiger partial charge in [-0.15, -0.1) is 0 Å². The van der Waals surface area contributed by atoms with Gasteiger partial charge < -0.3 is 0 Å². The van der Waals surface area contributed by atoms with Gasteiger partial charge in [-0.3, -0.25) is 0 Å². The van der Waals surface area contributed by atoms with Crippen molar-refractivity contribution in [2.75, 3.05) is 0 Å². The molecular formula is C39H23N. The third-order valence-electron chi connectivity index (χ3n) is 8.22. The van der Waals surface area contributed by atoms with Crippen LogP contribution in [0.25, 0.3) is 76.5 Å². The molecule has 8 aromatic carbocycles. The molecule has 0 fully saturated rings. The van der Waals surface area contributed by atoms with Gasteiger partial charge in [0.15, 0.2) is 0 Å². The van der Waals surface area contributed by atoms with Gasteiger partial charge >= 0.3 is 0 Å². The quantitative estimate of drug-likeness (QED) is 0.219. The van der Waals surface area contributed by atoms with Crippen molar-refractivity contribution in [1.82, 2.24) is 0 Å². The van der Waals surface area contributed by atoms with Crippen molar-refractivity contribution in [3.05, 3.63) is 145 Å². The van der Waals surface area contributed by atoms with Gasteiger partial charge in [0.25, 0.3) is 0 Å². The van der Waals surface area contributed by atoms with Crippen LogP contribution in [0.15, 0.2) is 140 Å². The van der Waals surface area contributed by atoms with E-state index in [2.05, 4.69) is 121 Å². The molecule has 0 spiro atoms. The Morgan fingerprint density at radius 3 is 1.65 bits per heavy atom. The maximum atomic E-state index is 9.12. The molecule has 0 amide bonds. The molecule has 0 heterocycles. The molecule has 1 heteroatoms. The molecule has 184 valence electrons. The van der Waals surface area contributed by atoms with Crippen LogP contribution in [0.1, 0.15) is 5.56 Å². The highest BCUT2D eigenvalue weighted by molar-refractivity contribution is 6.25. The van der Waals surface area contributed by atoms with Gasteiger partial charge in [0.1, 0.15) is 0 Å². The maximum absolute atomic E-state index is 9.12. The number of hydrogen-bond donors (Lipinski definition) is 0. The highest BCUT2D eigenvalue weighted by atomic mass is 14.2. The molecule has 0 saturated carbocycles. The molecule has 0 aliphatic carbocycles. The fourth-order valence-corrected chi connectivity index (χ4v) is 6.20. The first-order chi connectivity index (χ1) is 19.7. The van der Waals surface area contributed by atoms with Gasteiger partial charge in [0.2, 0.25) is 0 Å². The van der Waals surface area contributed by atoms with E-state index in [-0.39, 0.29) is 0 Å². The van der Waals surface area contributed by atoms with E-state index in [1.807, 2.05) is 24.3 Å². The molecule has 0 saturated heterocycles. The first-order valence-electron chi connectivity index (χ1n) is 13.6. The summed E-state index contributed by atoms with van der Waals surface area (Å²) in [7, 11) is 0. The number of fused-ring (bicyclic) bond motifs is 1. The largest absolute Gasteiger partial charge is 0.192 e. The second kappa shape index (κ2) is 8.80. The van der Waals surface area contributed by atoms with Gasteiger partial charge in [-0.05, 0) is 107 Å². The molecular weight excluding hydrogens is 482 g/mol. The van der Waals surface area contributed by atoms with Crippen LogP contribution in [-0.4, -0.2) is 0 Å². The van der Waals surface area contributed by atoms with Crippen LogP contribution in [-0.2, 0) is 0 Å². The Morgan fingerprint density at radius 1 is 0.375 bits per heavy atom. The summed E-state index contributed by atoms with van der Waals surface area (Å²) >= 11 is 0. The second-order valence-corrected chi connectivity index (χ2v) is 10.5. The molecule has 0 atom stereocenters. The highest BCUT2D eigenvalue weighted by Gasteiger charge is 2.12. The summed E-state index contributed by atoms with van der Waals surface area (Å²) < 4.78 is 0. The van der Waals surface area contributed by atoms with Crippen LogP contribution < -0.4 is 0 Å². The number of nitriles is 1. The van der Waals surface area contributed by atoms with E-state index < -0.39 is 0 Å². The van der Waals surface area contributed by atoms with Crippen molar-refractivity contribution >= 4 is 43.1 Å². The number of benzene rings is 8. The Bertz CT molecular complexity index is 2250. The monoisotopic (exact) mass is 505 g/mol. The summed E-state index contributed by atoms with van der Waals surface area (Å²) in [6, 6.07) is 52.2. The Kier molecular flexibility index (Phi) is 4.96. The fraction of sp³-hybridized carbons (Fsp3) is 0. The SMILES string of the molecule is N#Cc1ccc(-c2cccc(-c3ccc4cc(-c5ccc6ccc7cccc8ccc5c6c78)ccc4c3)c2)cc1. The third kappa shape index (κ3) is 3.55. The summed E-state index contributed by atoms with van der Waals surface area (Å²) in [6.45, 7) is 0. The number of rotatable bonds is 3. The fourth-order valence-electron chi connectivity index (χ4n) is 6.20. The lowest BCUT2D eigenvalue weighted by Gasteiger charge is -2.14. The lowest BCUT2D eigenvalue weighted by molar-refractivity contribution is 1.48. The summed E-state index contributed by atoms with van der Waals surface area (Å²) in [5.41, 5.74) is 7.81. The van der Waals surface area contributed by atoms with Crippen LogP contribution in [0.4, 0.5) is 0 Å². The van der Waals surface area contributed by atoms with Crippen molar-refractivity contribution in [3.63, 3.8) is 0 Å². The van der Waals surface area contributed by atoms with Gasteiger partial charge in [0, 0.05) is 0 Å². The zero-order valence-corrected chi connectivity index (χ0v) is 21.7. The van der Waals surface area contributed by atoms with E-state index in [0.29, 0.717) is 5.56 Å². The van der Waals surface area contributed by atoms with Gasteiger partial charge in [-0.2, -0.15) is 5.26 Å². The van der Waals surface area contributed by atoms with Gasteiger partial charge in [0.05, 0.1) is 11.6 Å². The van der Waals surface area contributed by atoms with Crippen LogP contribution in [0.2, 0.25) is 0 Å². The third-order valence-corrected chi connectivity index (χ3v) is 8.22. The van der Waals surface area contributed by atoms with E-state index in [1.54, 1.807) is 0 Å². The van der Waals surface area contributed by atoms with E-state index >= 15 is 0 Å². The maximum Gasteiger partial charge on any atom is 0.0991 e. The zero-order valence-electron chi connectivity index (χ0n) is 21.7. The number of hydrogen-bond acceptors (Lipinski definition) is 1. The molecule has 0 bridgehead atoms. The molecule has 0 unspecified atom stereocenters. The molecule has 8 aromatic rings. The predicted octanol–water partition coefficient (Wildman–Crippen LogP) is 10.6. The van der Waals surface area contributed by atoms with Gasteiger partial charge in [-0.1, -0.05) is 109 Å². The summed E-state index contributed by atoms with van der Waals surface area (Å²) in [5.74, 6) is 0. The normalized spacial score (nSPS) is 11.5. The topological polar surface area (TPSA) is 23.8 Å². The van der Waals surface area contributed by atoms with Crippen molar-refractivity contribution in [3.8, 4) is 39.4 Å². The molecule has 0 aliphatic rings. The van der Waals surface area contributed by atoms with E-state index in [1.165, 1.54) is 65.3 Å². The van der Waals surface area contributed by atoms with Crippen molar-refractivity contribution in [2.24, 2.45) is 0 Å². The molecule has 0 radical (unpaired) electrons. The molecule has 0 aromatic heterocycles.